The minimum Gasteiger partial charge on any atom is -0.469 e. The van der Waals surface area contributed by atoms with E-state index in [2.05, 4.69) is 31.6 Å². The summed E-state index contributed by atoms with van der Waals surface area (Å²) >= 11 is 0. The Bertz CT molecular complexity index is 653. The van der Waals surface area contributed by atoms with Gasteiger partial charge in [0.15, 0.2) is 5.96 Å². The number of anilines is 1. The lowest BCUT2D eigenvalue weighted by atomic mass is 10.2. The third-order valence-corrected chi connectivity index (χ3v) is 4.17. The van der Waals surface area contributed by atoms with Gasteiger partial charge in [-0.1, -0.05) is 0 Å². The maximum absolute atomic E-state index is 5.33. The highest BCUT2D eigenvalue weighted by Gasteiger charge is 2.13. The molecular weight excluding hydrogens is 429 g/mol. The topological polar surface area (TPSA) is 65.7 Å². The number of hydrogen-bond acceptors (Lipinski definition) is 4. The van der Waals surface area contributed by atoms with Gasteiger partial charge in [0.1, 0.15) is 11.6 Å². The molecule has 0 unspecified atom stereocenters. The van der Waals surface area contributed by atoms with Gasteiger partial charge in [0.05, 0.1) is 6.26 Å². The molecular formula is C18H26IN5O. The average Bonchev–Trinajstić information content (AvgIpc) is 3.31. The van der Waals surface area contributed by atoms with Crippen molar-refractivity contribution < 1.29 is 4.42 Å². The summed E-state index contributed by atoms with van der Waals surface area (Å²) in [6.45, 7) is 3.73. The average molecular weight is 455 g/mol. The molecule has 0 aliphatic carbocycles. The molecule has 7 heteroatoms. The zero-order valence-corrected chi connectivity index (χ0v) is 16.9. The maximum Gasteiger partial charge on any atom is 0.191 e. The van der Waals surface area contributed by atoms with E-state index in [0.717, 1.165) is 50.1 Å². The van der Waals surface area contributed by atoms with E-state index < -0.39 is 0 Å². The van der Waals surface area contributed by atoms with E-state index in [9.17, 15) is 0 Å². The first-order chi connectivity index (χ1) is 11.8. The quantitative estimate of drug-likeness (QED) is 0.399. The summed E-state index contributed by atoms with van der Waals surface area (Å²) in [6, 6.07) is 8.09. The number of pyridine rings is 1. The number of aromatic nitrogens is 1. The Morgan fingerprint density at radius 1 is 1.28 bits per heavy atom. The molecule has 25 heavy (non-hydrogen) atoms. The summed E-state index contributed by atoms with van der Waals surface area (Å²) < 4.78 is 5.33. The van der Waals surface area contributed by atoms with Gasteiger partial charge in [-0.2, -0.15) is 0 Å². The first-order valence-electron chi connectivity index (χ1n) is 8.52. The summed E-state index contributed by atoms with van der Waals surface area (Å²) in [6.07, 6.45) is 6.94. The van der Waals surface area contributed by atoms with E-state index in [1.807, 2.05) is 24.4 Å². The minimum atomic E-state index is 0. The summed E-state index contributed by atoms with van der Waals surface area (Å²) in [4.78, 5) is 11.1. The smallest absolute Gasteiger partial charge is 0.191 e. The predicted molar refractivity (Wildman–Crippen MR) is 112 cm³/mol. The van der Waals surface area contributed by atoms with Gasteiger partial charge in [0.25, 0.3) is 0 Å². The molecule has 0 amide bonds. The number of nitrogens with one attached hydrogen (secondary N) is 2. The van der Waals surface area contributed by atoms with Gasteiger partial charge in [-0.3, -0.25) is 4.99 Å². The number of hydrogen-bond donors (Lipinski definition) is 2. The van der Waals surface area contributed by atoms with Crippen LogP contribution in [0, 0.1) is 0 Å². The second-order valence-electron chi connectivity index (χ2n) is 5.90. The molecule has 0 radical (unpaired) electrons. The van der Waals surface area contributed by atoms with Crippen LogP contribution in [0.1, 0.15) is 24.2 Å². The Morgan fingerprint density at radius 3 is 2.84 bits per heavy atom. The van der Waals surface area contributed by atoms with Gasteiger partial charge >= 0.3 is 0 Å². The van der Waals surface area contributed by atoms with Crippen molar-refractivity contribution in [3.05, 3.63) is 48.0 Å². The molecule has 2 aromatic rings. The molecule has 1 aliphatic heterocycles. The summed E-state index contributed by atoms with van der Waals surface area (Å²) in [7, 11) is 1.78. The number of guanidine groups is 1. The predicted octanol–water partition coefficient (Wildman–Crippen LogP) is 2.80. The molecule has 0 atom stereocenters. The molecule has 0 saturated carbocycles. The van der Waals surface area contributed by atoms with E-state index in [0.29, 0.717) is 0 Å². The van der Waals surface area contributed by atoms with Crippen molar-refractivity contribution in [3.63, 3.8) is 0 Å². The molecule has 1 aliphatic rings. The monoisotopic (exact) mass is 455 g/mol. The van der Waals surface area contributed by atoms with Crippen LogP contribution >= 0.6 is 24.0 Å². The van der Waals surface area contributed by atoms with Crippen molar-refractivity contribution in [2.24, 2.45) is 4.99 Å². The number of rotatable bonds is 6. The van der Waals surface area contributed by atoms with Crippen molar-refractivity contribution in [2.45, 2.75) is 25.8 Å². The van der Waals surface area contributed by atoms with Gasteiger partial charge in [0.2, 0.25) is 0 Å². The Hall–Kier alpha value is -1.77. The van der Waals surface area contributed by atoms with E-state index in [4.69, 9.17) is 4.42 Å². The SMILES string of the molecule is CN=C(NCCc1ccco1)NCc1ccnc(N2CCCC2)c1.I. The highest BCUT2D eigenvalue weighted by Crippen LogP contribution is 2.18. The molecule has 1 fully saturated rings. The molecule has 0 spiro atoms. The summed E-state index contributed by atoms with van der Waals surface area (Å²) in [5, 5.41) is 6.65. The molecule has 3 rings (SSSR count). The number of nitrogens with zero attached hydrogens (tertiary/aromatic N) is 3. The zero-order chi connectivity index (χ0) is 16.6. The first-order valence-corrected chi connectivity index (χ1v) is 8.52. The Morgan fingerprint density at radius 2 is 2.12 bits per heavy atom. The molecule has 136 valence electrons. The van der Waals surface area contributed by atoms with Crippen molar-refractivity contribution >= 4 is 35.8 Å². The maximum atomic E-state index is 5.33. The first kappa shape index (κ1) is 19.6. The van der Waals surface area contributed by atoms with Gasteiger partial charge in [-0.05, 0) is 42.7 Å². The summed E-state index contributed by atoms with van der Waals surface area (Å²) in [5.74, 6) is 2.84. The third-order valence-electron chi connectivity index (χ3n) is 4.17. The lowest BCUT2D eigenvalue weighted by molar-refractivity contribution is 0.507. The van der Waals surface area contributed by atoms with Crippen LogP contribution in [0.25, 0.3) is 0 Å². The Kier molecular flexibility index (Phi) is 8.03. The fourth-order valence-electron chi connectivity index (χ4n) is 2.86. The van der Waals surface area contributed by atoms with Crippen LogP contribution < -0.4 is 15.5 Å². The molecule has 0 aromatic carbocycles. The number of aliphatic imine (C=N–C) groups is 1. The third kappa shape index (κ3) is 5.91. The lowest BCUT2D eigenvalue weighted by Gasteiger charge is -2.17. The van der Waals surface area contributed by atoms with Crippen LogP contribution in [0.15, 0.2) is 46.1 Å². The molecule has 2 aromatic heterocycles. The van der Waals surface area contributed by atoms with Crippen molar-refractivity contribution in [1.82, 2.24) is 15.6 Å². The highest BCUT2D eigenvalue weighted by atomic mass is 127. The lowest BCUT2D eigenvalue weighted by Crippen LogP contribution is -2.37. The number of furan rings is 1. The fourth-order valence-corrected chi connectivity index (χ4v) is 2.86. The van der Waals surface area contributed by atoms with Crippen LogP contribution in [0.4, 0.5) is 5.82 Å². The second-order valence-corrected chi connectivity index (χ2v) is 5.90. The van der Waals surface area contributed by atoms with Crippen molar-refractivity contribution in [1.29, 1.82) is 0 Å². The Balaban J connectivity index is 0.00000225. The number of halogens is 1. The van der Waals surface area contributed by atoms with Crippen LogP contribution in [0.2, 0.25) is 0 Å². The van der Waals surface area contributed by atoms with Gasteiger partial charge in [0, 0.05) is 45.8 Å². The Labute approximate surface area is 166 Å². The van der Waals surface area contributed by atoms with Gasteiger partial charge < -0.3 is 20.0 Å². The van der Waals surface area contributed by atoms with Crippen molar-refractivity contribution in [3.8, 4) is 0 Å². The minimum absolute atomic E-state index is 0. The zero-order valence-electron chi connectivity index (χ0n) is 14.6. The van der Waals surface area contributed by atoms with Crippen LogP contribution in [0.5, 0.6) is 0 Å². The largest absolute Gasteiger partial charge is 0.469 e. The molecule has 2 N–H and O–H groups in total. The normalized spacial score (nSPS) is 14.3. The van der Waals surface area contributed by atoms with Crippen LogP contribution in [-0.4, -0.2) is 37.6 Å². The van der Waals surface area contributed by atoms with Crippen molar-refractivity contribution in [2.75, 3.05) is 31.6 Å². The molecule has 1 saturated heterocycles. The van der Waals surface area contributed by atoms with E-state index in [1.54, 1.807) is 13.3 Å². The van der Waals surface area contributed by atoms with E-state index in [1.165, 1.54) is 18.4 Å². The standard InChI is InChI=1S/C18H25N5O.HI/c1-19-18(21-9-7-16-5-4-12-24-16)22-14-15-6-8-20-17(13-15)23-10-2-3-11-23;/h4-6,8,12-13H,2-3,7,9-11,14H2,1H3,(H2,19,21,22);1H. The molecule has 3 heterocycles. The molecule has 6 nitrogen and oxygen atoms in total. The fraction of sp³-hybridized carbons (Fsp3) is 0.444. The van der Waals surface area contributed by atoms with Crippen LogP contribution in [-0.2, 0) is 13.0 Å². The van der Waals surface area contributed by atoms with Gasteiger partial charge in [-0.15, -0.1) is 24.0 Å². The molecule has 0 bridgehead atoms. The van der Waals surface area contributed by atoms with E-state index >= 15 is 0 Å². The second kappa shape index (κ2) is 10.3. The summed E-state index contributed by atoms with van der Waals surface area (Å²) in [5.41, 5.74) is 1.21. The van der Waals surface area contributed by atoms with E-state index in [-0.39, 0.29) is 24.0 Å². The van der Waals surface area contributed by atoms with Gasteiger partial charge in [-0.25, -0.2) is 4.98 Å². The van der Waals surface area contributed by atoms with Crippen LogP contribution in [0.3, 0.4) is 0 Å². The highest BCUT2D eigenvalue weighted by molar-refractivity contribution is 14.0.